The van der Waals surface area contributed by atoms with Gasteiger partial charge in [0.05, 0.1) is 12.5 Å². The minimum atomic E-state index is -0.401. The Kier molecular flexibility index (Phi) is 6.80. The summed E-state index contributed by atoms with van der Waals surface area (Å²) in [7, 11) is 1.48. The van der Waals surface area contributed by atoms with E-state index in [-0.39, 0.29) is 12.6 Å². The molecule has 0 amide bonds. The molecule has 0 aromatic rings. The molecule has 1 fully saturated rings. The van der Waals surface area contributed by atoms with Gasteiger partial charge in [0.1, 0.15) is 0 Å². The van der Waals surface area contributed by atoms with Gasteiger partial charge in [0.15, 0.2) is 0 Å². The van der Waals surface area contributed by atoms with Crippen LogP contribution >= 0.6 is 0 Å². The van der Waals surface area contributed by atoms with E-state index in [1.807, 2.05) is 0 Å². The Morgan fingerprint density at radius 2 is 2.26 bits per heavy atom. The SMILES string of the molecule is CCCC(CCO)C[C@]1(C(=O)OC)CNC[C@H](C)C1. The number of ether oxygens (including phenoxy) is 1. The van der Waals surface area contributed by atoms with Crippen LogP contribution in [0.5, 0.6) is 0 Å². The monoisotopic (exact) mass is 271 g/mol. The average Bonchev–Trinajstić information content (AvgIpc) is 2.38. The summed E-state index contributed by atoms with van der Waals surface area (Å²) < 4.78 is 5.06. The van der Waals surface area contributed by atoms with Gasteiger partial charge >= 0.3 is 5.97 Å². The molecule has 0 radical (unpaired) electrons. The summed E-state index contributed by atoms with van der Waals surface area (Å²) in [5, 5.41) is 12.6. The highest BCUT2D eigenvalue weighted by atomic mass is 16.5. The number of aliphatic hydroxyl groups excluding tert-OH is 1. The van der Waals surface area contributed by atoms with E-state index in [2.05, 4.69) is 19.2 Å². The Balaban J connectivity index is 2.80. The van der Waals surface area contributed by atoms with Crippen LogP contribution in [0, 0.1) is 17.3 Å². The fourth-order valence-corrected chi connectivity index (χ4v) is 3.47. The molecule has 0 spiro atoms. The first-order chi connectivity index (χ1) is 9.07. The molecule has 4 nitrogen and oxygen atoms in total. The number of carbonyl (C=O) groups excluding carboxylic acids is 1. The number of carbonyl (C=O) groups is 1. The molecule has 2 N–H and O–H groups in total. The van der Waals surface area contributed by atoms with E-state index in [0.29, 0.717) is 18.4 Å². The zero-order chi connectivity index (χ0) is 14.3. The minimum absolute atomic E-state index is 0.0920. The third-order valence-corrected chi connectivity index (χ3v) is 4.23. The van der Waals surface area contributed by atoms with Crippen LogP contribution in [-0.4, -0.2) is 37.9 Å². The molecule has 1 unspecified atom stereocenters. The first-order valence-corrected chi connectivity index (χ1v) is 7.48. The Morgan fingerprint density at radius 1 is 1.53 bits per heavy atom. The third-order valence-electron chi connectivity index (χ3n) is 4.23. The maximum atomic E-state index is 12.3. The second kappa shape index (κ2) is 7.85. The molecular formula is C15H29NO3. The zero-order valence-electron chi connectivity index (χ0n) is 12.6. The molecular weight excluding hydrogens is 242 g/mol. The zero-order valence-corrected chi connectivity index (χ0v) is 12.6. The summed E-state index contributed by atoms with van der Waals surface area (Å²) in [6.45, 7) is 6.19. The fourth-order valence-electron chi connectivity index (χ4n) is 3.47. The largest absolute Gasteiger partial charge is 0.469 e. The molecule has 0 aliphatic carbocycles. The molecule has 4 heteroatoms. The van der Waals surface area contributed by atoms with Crippen molar-refractivity contribution in [1.82, 2.24) is 5.32 Å². The van der Waals surface area contributed by atoms with Crippen LogP contribution in [0.1, 0.15) is 46.0 Å². The molecule has 1 rings (SSSR count). The number of methoxy groups -OCH3 is 1. The lowest BCUT2D eigenvalue weighted by atomic mass is 9.70. The Morgan fingerprint density at radius 3 is 2.79 bits per heavy atom. The second-order valence-corrected chi connectivity index (χ2v) is 6.08. The first kappa shape index (κ1) is 16.4. The van der Waals surface area contributed by atoms with E-state index in [0.717, 1.165) is 38.6 Å². The molecule has 112 valence electrons. The summed E-state index contributed by atoms with van der Waals surface area (Å²) in [4.78, 5) is 12.3. The van der Waals surface area contributed by atoms with Gasteiger partial charge in [0.2, 0.25) is 0 Å². The Bertz CT molecular complexity index is 277. The van der Waals surface area contributed by atoms with E-state index in [1.165, 1.54) is 7.11 Å². The van der Waals surface area contributed by atoms with Crippen LogP contribution in [0.4, 0.5) is 0 Å². The highest BCUT2D eigenvalue weighted by Crippen LogP contribution is 2.39. The summed E-state index contributed by atoms with van der Waals surface area (Å²) in [5.74, 6) is 0.802. The highest BCUT2D eigenvalue weighted by Gasteiger charge is 2.44. The van der Waals surface area contributed by atoms with Crippen LogP contribution in [0.3, 0.4) is 0 Å². The average molecular weight is 271 g/mol. The summed E-state index contributed by atoms with van der Waals surface area (Å²) >= 11 is 0. The molecule has 19 heavy (non-hydrogen) atoms. The minimum Gasteiger partial charge on any atom is -0.469 e. The van der Waals surface area contributed by atoms with Gasteiger partial charge in [-0.1, -0.05) is 26.7 Å². The summed E-state index contributed by atoms with van der Waals surface area (Å²) in [6.07, 6.45) is 4.64. The number of esters is 1. The van der Waals surface area contributed by atoms with Gasteiger partial charge in [-0.3, -0.25) is 4.79 Å². The van der Waals surface area contributed by atoms with Crippen molar-refractivity contribution in [2.45, 2.75) is 46.0 Å². The van der Waals surface area contributed by atoms with Gasteiger partial charge < -0.3 is 15.2 Å². The standard InChI is InChI=1S/C15H29NO3/c1-4-5-13(6-7-17)9-15(14(18)19-3)8-12(2)10-16-11-15/h12-13,16-17H,4-11H2,1-3H3/t12-,13?,15+/m1/s1. The van der Waals surface area contributed by atoms with Crippen LogP contribution in [0.15, 0.2) is 0 Å². The maximum Gasteiger partial charge on any atom is 0.313 e. The molecule has 0 aromatic carbocycles. The smallest absolute Gasteiger partial charge is 0.313 e. The van der Waals surface area contributed by atoms with Gasteiger partial charge in [0, 0.05) is 13.2 Å². The van der Waals surface area contributed by atoms with Gasteiger partial charge in [-0.25, -0.2) is 0 Å². The Labute approximate surface area is 116 Å². The number of piperidine rings is 1. The van der Waals surface area contributed by atoms with E-state index in [4.69, 9.17) is 4.74 Å². The predicted octanol–water partition coefficient (Wildman–Crippen LogP) is 1.96. The molecule has 1 saturated heterocycles. The van der Waals surface area contributed by atoms with Gasteiger partial charge in [0.25, 0.3) is 0 Å². The van der Waals surface area contributed by atoms with Crippen molar-refractivity contribution in [3.8, 4) is 0 Å². The fraction of sp³-hybridized carbons (Fsp3) is 0.933. The molecule has 1 aliphatic heterocycles. The number of hydrogen-bond donors (Lipinski definition) is 2. The third kappa shape index (κ3) is 4.46. The number of rotatable bonds is 7. The lowest BCUT2D eigenvalue weighted by Gasteiger charge is -2.40. The topological polar surface area (TPSA) is 58.6 Å². The molecule has 0 saturated carbocycles. The summed E-state index contributed by atoms with van der Waals surface area (Å²) in [5.41, 5.74) is -0.401. The van der Waals surface area contributed by atoms with Crippen LogP contribution in [-0.2, 0) is 9.53 Å². The van der Waals surface area contributed by atoms with Crippen molar-refractivity contribution >= 4 is 5.97 Å². The first-order valence-electron chi connectivity index (χ1n) is 7.48. The van der Waals surface area contributed by atoms with Crippen molar-refractivity contribution in [3.05, 3.63) is 0 Å². The molecule has 0 bridgehead atoms. The van der Waals surface area contributed by atoms with Crippen molar-refractivity contribution in [1.29, 1.82) is 0 Å². The van der Waals surface area contributed by atoms with Crippen molar-refractivity contribution < 1.29 is 14.6 Å². The predicted molar refractivity (Wildman–Crippen MR) is 75.8 cm³/mol. The number of nitrogens with one attached hydrogen (secondary N) is 1. The van der Waals surface area contributed by atoms with Gasteiger partial charge in [-0.15, -0.1) is 0 Å². The van der Waals surface area contributed by atoms with Gasteiger partial charge in [-0.05, 0) is 37.6 Å². The Hall–Kier alpha value is -0.610. The van der Waals surface area contributed by atoms with Crippen molar-refractivity contribution in [2.75, 3.05) is 26.8 Å². The molecule has 1 heterocycles. The number of hydrogen-bond acceptors (Lipinski definition) is 4. The molecule has 3 atom stereocenters. The second-order valence-electron chi connectivity index (χ2n) is 6.08. The van der Waals surface area contributed by atoms with E-state index in [1.54, 1.807) is 0 Å². The summed E-state index contributed by atoms with van der Waals surface area (Å²) in [6, 6.07) is 0. The lowest BCUT2D eigenvalue weighted by molar-refractivity contribution is -0.156. The van der Waals surface area contributed by atoms with Crippen LogP contribution in [0.2, 0.25) is 0 Å². The normalized spacial score (nSPS) is 28.9. The van der Waals surface area contributed by atoms with Crippen LogP contribution < -0.4 is 5.32 Å². The van der Waals surface area contributed by atoms with Gasteiger partial charge in [-0.2, -0.15) is 0 Å². The highest BCUT2D eigenvalue weighted by molar-refractivity contribution is 5.77. The molecule has 1 aliphatic rings. The van der Waals surface area contributed by atoms with E-state index in [9.17, 15) is 9.90 Å². The lowest BCUT2D eigenvalue weighted by Crippen LogP contribution is -2.50. The van der Waals surface area contributed by atoms with Crippen molar-refractivity contribution in [3.63, 3.8) is 0 Å². The van der Waals surface area contributed by atoms with E-state index < -0.39 is 5.41 Å². The number of aliphatic hydroxyl groups is 1. The quantitative estimate of drug-likeness (QED) is 0.695. The van der Waals surface area contributed by atoms with Crippen molar-refractivity contribution in [2.24, 2.45) is 17.3 Å². The van der Waals surface area contributed by atoms with Crippen LogP contribution in [0.25, 0.3) is 0 Å². The maximum absolute atomic E-state index is 12.3. The molecule has 0 aromatic heterocycles. The van der Waals surface area contributed by atoms with E-state index >= 15 is 0 Å².